The molecule has 0 aromatic heterocycles. The molecule has 5 nitrogen and oxygen atoms in total. The Labute approximate surface area is 119 Å². The molecule has 0 radical (unpaired) electrons. The van der Waals surface area contributed by atoms with Crippen LogP contribution in [0.25, 0.3) is 0 Å². The zero-order valence-electron chi connectivity index (χ0n) is 12.0. The third-order valence-corrected chi connectivity index (χ3v) is 5.40. The molecule has 1 aliphatic carbocycles. The predicted octanol–water partition coefficient (Wildman–Crippen LogP) is 1.09. The Balaban J connectivity index is 1.61. The molecule has 5 heteroatoms. The molecule has 2 aliphatic heterocycles. The van der Waals surface area contributed by atoms with Crippen molar-refractivity contribution >= 4 is 11.9 Å². The smallest absolute Gasteiger partial charge is 0.308 e. The lowest BCUT2D eigenvalue weighted by molar-refractivity contribution is -0.142. The lowest BCUT2D eigenvalue weighted by Crippen LogP contribution is -2.45. The fourth-order valence-corrected chi connectivity index (χ4v) is 4.20. The van der Waals surface area contributed by atoms with E-state index in [1.54, 1.807) is 4.90 Å². The van der Waals surface area contributed by atoms with Gasteiger partial charge in [0.05, 0.1) is 12.0 Å². The number of carbonyl (C=O) groups excluding carboxylic acids is 1. The van der Waals surface area contributed by atoms with Crippen molar-refractivity contribution in [1.29, 1.82) is 0 Å². The van der Waals surface area contributed by atoms with Crippen LogP contribution < -0.4 is 5.32 Å². The van der Waals surface area contributed by atoms with Crippen LogP contribution in [0.5, 0.6) is 0 Å². The molecular formula is C15H24N2O3. The molecule has 2 N–H and O–H groups in total. The number of fused-ring (bicyclic) bond motifs is 1. The second kappa shape index (κ2) is 5.35. The third-order valence-electron chi connectivity index (χ3n) is 5.40. The average Bonchev–Trinajstić information content (AvgIpc) is 3.01. The van der Waals surface area contributed by atoms with E-state index in [0.29, 0.717) is 25.0 Å². The van der Waals surface area contributed by atoms with Gasteiger partial charge < -0.3 is 15.3 Å². The summed E-state index contributed by atoms with van der Waals surface area (Å²) in [4.78, 5) is 25.5. The van der Waals surface area contributed by atoms with E-state index in [2.05, 4.69) is 5.32 Å². The second-order valence-corrected chi connectivity index (χ2v) is 6.77. The normalized spacial score (nSPS) is 40.6. The van der Waals surface area contributed by atoms with Gasteiger partial charge in [-0.2, -0.15) is 0 Å². The van der Waals surface area contributed by atoms with Crippen molar-refractivity contribution in [3.63, 3.8) is 0 Å². The van der Waals surface area contributed by atoms with E-state index >= 15 is 0 Å². The number of likely N-dealkylation sites (tertiary alicyclic amines) is 1. The van der Waals surface area contributed by atoms with E-state index in [4.69, 9.17) is 5.11 Å². The minimum absolute atomic E-state index is 0.0557. The van der Waals surface area contributed by atoms with Gasteiger partial charge in [0.2, 0.25) is 5.91 Å². The molecule has 0 aromatic carbocycles. The van der Waals surface area contributed by atoms with Gasteiger partial charge in [-0.05, 0) is 31.1 Å². The summed E-state index contributed by atoms with van der Waals surface area (Å²) in [7, 11) is 0. The summed E-state index contributed by atoms with van der Waals surface area (Å²) in [5.74, 6) is -0.355. The highest BCUT2D eigenvalue weighted by molar-refractivity contribution is 5.84. The Morgan fingerprint density at radius 3 is 2.60 bits per heavy atom. The zero-order chi connectivity index (χ0) is 14.3. The fraction of sp³-hybridized carbons (Fsp3) is 0.867. The van der Waals surface area contributed by atoms with Crippen LogP contribution in [0, 0.1) is 17.8 Å². The highest BCUT2D eigenvalue weighted by Crippen LogP contribution is 2.34. The number of aliphatic carboxylic acids is 1. The molecule has 112 valence electrons. The van der Waals surface area contributed by atoms with Crippen molar-refractivity contribution in [2.75, 3.05) is 13.1 Å². The number of nitrogens with one attached hydrogen (secondary N) is 1. The van der Waals surface area contributed by atoms with Gasteiger partial charge in [0.1, 0.15) is 0 Å². The van der Waals surface area contributed by atoms with Crippen molar-refractivity contribution in [3.05, 3.63) is 0 Å². The van der Waals surface area contributed by atoms with E-state index in [0.717, 1.165) is 6.42 Å². The molecule has 20 heavy (non-hydrogen) atoms. The minimum Gasteiger partial charge on any atom is -0.481 e. The molecule has 5 atom stereocenters. The largest absolute Gasteiger partial charge is 0.481 e. The zero-order valence-corrected chi connectivity index (χ0v) is 12.0. The van der Waals surface area contributed by atoms with Gasteiger partial charge in [-0.3, -0.25) is 9.59 Å². The quantitative estimate of drug-likeness (QED) is 0.794. The Hall–Kier alpha value is -1.10. The van der Waals surface area contributed by atoms with E-state index in [-0.39, 0.29) is 17.9 Å². The first-order valence-electron chi connectivity index (χ1n) is 7.84. The summed E-state index contributed by atoms with van der Waals surface area (Å²) in [5.41, 5.74) is 0. The van der Waals surface area contributed by atoms with Crippen LogP contribution in [0.15, 0.2) is 0 Å². The van der Waals surface area contributed by atoms with Crippen molar-refractivity contribution < 1.29 is 14.7 Å². The van der Waals surface area contributed by atoms with Crippen LogP contribution in [0.1, 0.15) is 39.0 Å². The molecular weight excluding hydrogens is 256 g/mol. The maximum Gasteiger partial charge on any atom is 0.308 e. The first-order chi connectivity index (χ1) is 9.56. The standard InChI is InChI=1S/C15H24N2O3/c1-9-7-17(8-11(9)15(19)20)14(18)13-6-10-4-2-3-5-12(10)16-13/h9-13,16H,2-8H2,1H3,(H,19,20)/t9-,10?,11-,12?,13?/m1/s1. The highest BCUT2D eigenvalue weighted by atomic mass is 16.4. The monoisotopic (exact) mass is 280 g/mol. The number of rotatable bonds is 2. The predicted molar refractivity (Wildman–Crippen MR) is 74.2 cm³/mol. The molecule has 0 bridgehead atoms. The number of carbonyl (C=O) groups is 2. The van der Waals surface area contributed by atoms with Crippen LogP contribution in [-0.4, -0.2) is 47.1 Å². The summed E-state index contributed by atoms with van der Waals surface area (Å²) in [6.45, 7) is 2.89. The lowest BCUT2D eigenvalue weighted by atomic mass is 9.85. The number of carboxylic acid groups (broad SMARTS) is 1. The molecule has 1 saturated carbocycles. The number of amides is 1. The lowest BCUT2D eigenvalue weighted by Gasteiger charge is -2.24. The molecule has 0 aromatic rings. The number of hydrogen-bond acceptors (Lipinski definition) is 3. The van der Waals surface area contributed by atoms with Crippen molar-refractivity contribution in [3.8, 4) is 0 Å². The number of nitrogens with zero attached hydrogens (tertiary/aromatic N) is 1. The van der Waals surface area contributed by atoms with Gasteiger partial charge in [0.15, 0.2) is 0 Å². The van der Waals surface area contributed by atoms with Gasteiger partial charge >= 0.3 is 5.97 Å². The van der Waals surface area contributed by atoms with Gasteiger partial charge in [-0.1, -0.05) is 19.8 Å². The maximum atomic E-state index is 12.6. The molecule has 3 rings (SSSR count). The Kier molecular flexibility index (Phi) is 3.71. The first kappa shape index (κ1) is 13.9. The Morgan fingerprint density at radius 2 is 1.95 bits per heavy atom. The van der Waals surface area contributed by atoms with Gasteiger partial charge in [0.25, 0.3) is 0 Å². The molecule has 3 fully saturated rings. The topological polar surface area (TPSA) is 69.6 Å². The SMILES string of the molecule is C[C@@H]1CN(C(=O)C2CC3CCCCC3N2)C[C@H]1C(=O)O. The third kappa shape index (κ3) is 2.43. The summed E-state index contributed by atoms with van der Waals surface area (Å²) in [6.07, 6.45) is 5.90. The Bertz CT molecular complexity index is 398. The first-order valence-corrected chi connectivity index (χ1v) is 7.84. The fourth-order valence-electron chi connectivity index (χ4n) is 4.20. The van der Waals surface area contributed by atoms with E-state index < -0.39 is 11.9 Å². The summed E-state index contributed by atoms with van der Waals surface area (Å²) in [5, 5.41) is 12.7. The van der Waals surface area contributed by atoms with Crippen molar-refractivity contribution in [2.24, 2.45) is 17.8 Å². The highest BCUT2D eigenvalue weighted by Gasteiger charge is 2.43. The molecule has 1 amide bonds. The number of carboxylic acids is 1. The molecule has 3 aliphatic rings. The number of hydrogen-bond donors (Lipinski definition) is 2. The summed E-state index contributed by atoms with van der Waals surface area (Å²) in [6, 6.07) is 0.427. The Morgan fingerprint density at radius 1 is 1.20 bits per heavy atom. The minimum atomic E-state index is -0.777. The molecule has 2 saturated heterocycles. The second-order valence-electron chi connectivity index (χ2n) is 6.77. The summed E-state index contributed by atoms with van der Waals surface area (Å²) >= 11 is 0. The van der Waals surface area contributed by atoms with Crippen LogP contribution in [-0.2, 0) is 9.59 Å². The van der Waals surface area contributed by atoms with Crippen LogP contribution in [0.2, 0.25) is 0 Å². The summed E-state index contributed by atoms with van der Waals surface area (Å²) < 4.78 is 0. The maximum absolute atomic E-state index is 12.6. The van der Waals surface area contributed by atoms with Gasteiger partial charge in [-0.15, -0.1) is 0 Å². The molecule has 0 spiro atoms. The molecule has 3 unspecified atom stereocenters. The van der Waals surface area contributed by atoms with Crippen LogP contribution in [0.3, 0.4) is 0 Å². The van der Waals surface area contributed by atoms with Gasteiger partial charge in [-0.25, -0.2) is 0 Å². The van der Waals surface area contributed by atoms with Gasteiger partial charge in [0, 0.05) is 19.1 Å². The van der Waals surface area contributed by atoms with Crippen molar-refractivity contribution in [1.82, 2.24) is 10.2 Å². The van der Waals surface area contributed by atoms with E-state index in [9.17, 15) is 9.59 Å². The van der Waals surface area contributed by atoms with Crippen LogP contribution in [0.4, 0.5) is 0 Å². The van der Waals surface area contributed by atoms with Crippen LogP contribution >= 0.6 is 0 Å². The average molecular weight is 280 g/mol. The molecule has 2 heterocycles. The van der Waals surface area contributed by atoms with E-state index in [1.807, 2.05) is 6.92 Å². The van der Waals surface area contributed by atoms with Crippen molar-refractivity contribution in [2.45, 2.75) is 51.1 Å². The van der Waals surface area contributed by atoms with E-state index in [1.165, 1.54) is 25.7 Å².